The molecule has 3 aromatic rings. The van der Waals surface area contributed by atoms with Gasteiger partial charge in [-0.2, -0.15) is 9.90 Å². The fourth-order valence-corrected chi connectivity index (χ4v) is 3.52. The molecule has 29 heavy (non-hydrogen) atoms. The molecule has 150 valence electrons. The summed E-state index contributed by atoms with van der Waals surface area (Å²) in [6.07, 6.45) is 1.51. The lowest BCUT2D eigenvalue weighted by Crippen LogP contribution is -3.13. The summed E-state index contributed by atoms with van der Waals surface area (Å²) >= 11 is 0. The predicted octanol–water partition coefficient (Wildman–Crippen LogP) is 0.956. The first-order chi connectivity index (χ1) is 14.1. The number of amides is 1. The second-order valence-electron chi connectivity index (χ2n) is 7.04. The molecule has 4 rings (SSSR count). The Morgan fingerprint density at radius 3 is 2.62 bits per heavy atom. The summed E-state index contributed by atoms with van der Waals surface area (Å²) in [6.45, 7) is 3.57. The molecule has 0 atom stereocenters. The molecule has 1 aliphatic rings. The van der Waals surface area contributed by atoms with E-state index in [2.05, 4.69) is 10.2 Å². The monoisotopic (exact) mass is 396 g/mol. The fourth-order valence-electron chi connectivity index (χ4n) is 3.52. The quantitative estimate of drug-likeness (QED) is 0.698. The third-order valence-corrected chi connectivity index (χ3v) is 5.13. The number of hydrogen-bond donors (Lipinski definition) is 1. The lowest BCUT2D eigenvalue weighted by atomic mass is 10.1. The molecule has 2 aromatic carbocycles. The lowest BCUT2D eigenvalue weighted by Gasteiger charge is -2.31. The molecule has 0 bridgehead atoms. The molecule has 1 amide bonds. The standard InChI is InChI=1S/C21H22FN5O2/c1-29-20-8-7-16(13-18(20)22)15-25-9-11-26(12-10-25)21(28)19-14-23-27(24-19)17-5-3-2-4-6-17/h2-8,13-14H,9-12,15H2,1H3/p+1. The van der Waals surface area contributed by atoms with Gasteiger partial charge in [0, 0.05) is 5.56 Å². The third-order valence-electron chi connectivity index (χ3n) is 5.13. The van der Waals surface area contributed by atoms with E-state index in [-0.39, 0.29) is 17.5 Å². The van der Waals surface area contributed by atoms with Gasteiger partial charge in [-0.15, -0.1) is 5.10 Å². The molecule has 1 saturated heterocycles. The zero-order valence-corrected chi connectivity index (χ0v) is 16.2. The van der Waals surface area contributed by atoms with Gasteiger partial charge in [-0.1, -0.05) is 18.2 Å². The molecule has 0 saturated carbocycles. The van der Waals surface area contributed by atoms with Crippen LogP contribution < -0.4 is 9.64 Å². The predicted molar refractivity (Wildman–Crippen MR) is 105 cm³/mol. The van der Waals surface area contributed by atoms with E-state index in [4.69, 9.17) is 4.74 Å². The summed E-state index contributed by atoms with van der Waals surface area (Å²) in [4.78, 5) is 17.3. The zero-order chi connectivity index (χ0) is 20.2. The topological polar surface area (TPSA) is 64.7 Å². The van der Waals surface area contributed by atoms with Gasteiger partial charge >= 0.3 is 0 Å². The summed E-state index contributed by atoms with van der Waals surface area (Å²) < 4.78 is 18.8. The van der Waals surface area contributed by atoms with Gasteiger partial charge in [0.05, 0.1) is 45.2 Å². The Kier molecular flexibility index (Phi) is 5.53. The van der Waals surface area contributed by atoms with Crippen LogP contribution in [0.2, 0.25) is 0 Å². The van der Waals surface area contributed by atoms with Crippen molar-refractivity contribution in [3.63, 3.8) is 0 Å². The van der Waals surface area contributed by atoms with Crippen molar-refractivity contribution in [3.8, 4) is 11.4 Å². The molecule has 1 N–H and O–H groups in total. The summed E-state index contributed by atoms with van der Waals surface area (Å²) in [7, 11) is 1.46. The minimum atomic E-state index is -0.347. The first kappa shape index (κ1) is 19.1. The summed E-state index contributed by atoms with van der Waals surface area (Å²) in [5, 5.41) is 8.53. The molecule has 1 aromatic heterocycles. The van der Waals surface area contributed by atoms with Crippen LogP contribution in [0, 0.1) is 5.82 Å². The van der Waals surface area contributed by atoms with Gasteiger partial charge < -0.3 is 14.5 Å². The van der Waals surface area contributed by atoms with Gasteiger partial charge in [-0.25, -0.2) is 4.39 Å². The number of carbonyl (C=O) groups excluding carboxylic acids is 1. The van der Waals surface area contributed by atoms with Crippen LogP contribution in [-0.4, -0.2) is 59.1 Å². The van der Waals surface area contributed by atoms with Crippen molar-refractivity contribution in [1.82, 2.24) is 19.9 Å². The maximum absolute atomic E-state index is 13.9. The van der Waals surface area contributed by atoms with Crippen LogP contribution in [0.15, 0.2) is 54.7 Å². The SMILES string of the molecule is COc1ccc(C[NH+]2CCN(C(=O)c3cnn(-c4ccccc4)n3)CC2)cc1F. The number of halogens is 1. The highest BCUT2D eigenvalue weighted by Gasteiger charge is 2.26. The van der Waals surface area contributed by atoms with Crippen molar-refractivity contribution in [1.29, 1.82) is 0 Å². The number of piperazine rings is 1. The number of para-hydroxylation sites is 1. The third kappa shape index (κ3) is 4.27. The van der Waals surface area contributed by atoms with E-state index in [1.165, 1.54) is 29.1 Å². The lowest BCUT2D eigenvalue weighted by molar-refractivity contribution is -0.917. The smallest absolute Gasteiger partial charge is 0.276 e. The van der Waals surface area contributed by atoms with Crippen LogP contribution in [0.25, 0.3) is 5.69 Å². The minimum Gasteiger partial charge on any atom is -0.494 e. The van der Waals surface area contributed by atoms with Crippen LogP contribution in [0.1, 0.15) is 16.1 Å². The highest BCUT2D eigenvalue weighted by atomic mass is 19.1. The molecule has 0 spiro atoms. The Morgan fingerprint density at radius 2 is 1.93 bits per heavy atom. The first-order valence-electron chi connectivity index (χ1n) is 9.57. The molecule has 7 nitrogen and oxygen atoms in total. The van der Waals surface area contributed by atoms with Crippen molar-refractivity contribution in [2.75, 3.05) is 33.3 Å². The Bertz CT molecular complexity index is 984. The average molecular weight is 396 g/mol. The second-order valence-corrected chi connectivity index (χ2v) is 7.04. The van der Waals surface area contributed by atoms with Gasteiger partial charge in [0.15, 0.2) is 17.3 Å². The highest BCUT2D eigenvalue weighted by molar-refractivity contribution is 5.92. The fraction of sp³-hybridized carbons (Fsp3) is 0.286. The van der Waals surface area contributed by atoms with Crippen molar-refractivity contribution >= 4 is 5.91 Å². The van der Waals surface area contributed by atoms with Crippen molar-refractivity contribution in [2.45, 2.75) is 6.54 Å². The van der Waals surface area contributed by atoms with E-state index in [0.29, 0.717) is 25.3 Å². The number of benzene rings is 2. The summed E-state index contributed by atoms with van der Waals surface area (Å²) in [5.41, 5.74) is 2.07. The van der Waals surface area contributed by atoms with E-state index >= 15 is 0 Å². The van der Waals surface area contributed by atoms with Crippen molar-refractivity contribution in [2.24, 2.45) is 0 Å². The van der Waals surface area contributed by atoms with E-state index in [9.17, 15) is 9.18 Å². The van der Waals surface area contributed by atoms with E-state index in [1.54, 1.807) is 11.0 Å². The first-order valence-corrected chi connectivity index (χ1v) is 9.57. The van der Waals surface area contributed by atoms with Gasteiger partial charge in [0.25, 0.3) is 5.91 Å². The largest absolute Gasteiger partial charge is 0.494 e. The van der Waals surface area contributed by atoms with Crippen LogP contribution in [0.3, 0.4) is 0 Å². The van der Waals surface area contributed by atoms with Crippen LogP contribution in [-0.2, 0) is 6.54 Å². The molecule has 8 heteroatoms. The molecule has 1 fully saturated rings. The number of nitrogens with one attached hydrogen (secondary N) is 1. The van der Waals surface area contributed by atoms with Gasteiger partial charge in [-0.05, 0) is 30.3 Å². The molecule has 1 aliphatic heterocycles. The average Bonchev–Trinajstić information content (AvgIpc) is 3.25. The van der Waals surface area contributed by atoms with Gasteiger partial charge in [0.2, 0.25) is 0 Å². The number of quaternary nitrogens is 1. The van der Waals surface area contributed by atoms with Crippen LogP contribution in [0.4, 0.5) is 4.39 Å². The zero-order valence-electron chi connectivity index (χ0n) is 16.2. The molecule has 0 radical (unpaired) electrons. The van der Waals surface area contributed by atoms with E-state index < -0.39 is 0 Å². The number of rotatable bonds is 5. The summed E-state index contributed by atoms with van der Waals surface area (Å²) in [6, 6.07) is 14.5. The highest BCUT2D eigenvalue weighted by Crippen LogP contribution is 2.17. The van der Waals surface area contributed by atoms with E-state index in [0.717, 1.165) is 24.3 Å². The normalized spacial score (nSPS) is 14.8. The van der Waals surface area contributed by atoms with Crippen molar-refractivity contribution in [3.05, 3.63) is 71.8 Å². The summed E-state index contributed by atoms with van der Waals surface area (Å²) in [5.74, 6) is -0.204. The number of hydrogen-bond acceptors (Lipinski definition) is 4. The second kappa shape index (κ2) is 8.40. The molecular weight excluding hydrogens is 373 g/mol. The number of carbonyl (C=O) groups is 1. The van der Waals surface area contributed by atoms with Crippen LogP contribution >= 0.6 is 0 Å². The molecular formula is C21H23FN5O2+. The Hall–Kier alpha value is -3.26. The molecule has 0 aliphatic carbocycles. The Labute approximate surface area is 168 Å². The Morgan fingerprint density at radius 1 is 1.17 bits per heavy atom. The van der Waals surface area contributed by atoms with Gasteiger partial charge in [0.1, 0.15) is 6.54 Å². The van der Waals surface area contributed by atoms with E-state index in [1.807, 2.05) is 36.4 Å². The number of nitrogens with zero attached hydrogens (tertiary/aromatic N) is 4. The number of ether oxygens (including phenoxy) is 1. The maximum atomic E-state index is 13.9. The number of aromatic nitrogens is 3. The molecule has 0 unspecified atom stereocenters. The van der Waals surface area contributed by atoms with Crippen LogP contribution in [0.5, 0.6) is 5.75 Å². The number of methoxy groups -OCH3 is 1. The van der Waals surface area contributed by atoms with Gasteiger partial charge in [-0.3, -0.25) is 4.79 Å². The van der Waals surface area contributed by atoms with Crippen molar-refractivity contribution < 1.29 is 18.8 Å². The minimum absolute atomic E-state index is 0.110. The maximum Gasteiger partial charge on any atom is 0.276 e. The molecule has 2 heterocycles. The Balaban J connectivity index is 1.34.